The first-order valence-corrected chi connectivity index (χ1v) is 8.64. The van der Waals surface area contributed by atoms with Crippen LogP contribution in [0.1, 0.15) is 10.6 Å². The fraction of sp³-hybridized carbons (Fsp3) is 0.333. The van der Waals surface area contributed by atoms with E-state index in [0.717, 1.165) is 18.8 Å². The van der Waals surface area contributed by atoms with E-state index >= 15 is 0 Å². The summed E-state index contributed by atoms with van der Waals surface area (Å²) in [5.41, 5.74) is 1.08. The zero-order valence-corrected chi connectivity index (χ0v) is 14.8. The number of aromatic nitrogens is 1. The Labute approximate surface area is 156 Å². The Morgan fingerprint density at radius 1 is 1.00 bits per heavy atom. The van der Waals surface area contributed by atoms with E-state index in [1.807, 2.05) is 12.1 Å². The number of carbonyl (C=O) groups excluding carboxylic acids is 3. The second-order valence-electron chi connectivity index (χ2n) is 6.01. The van der Waals surface area contributed by atoms with Crippen LogP contribution in [0.3, 0.4) is 0 Å². The van der Waals surface area contributed by atoms with Crippen LogP contribution in [0, 0.1) is 0 Å². The van der Waals surface area contributed by atoms with Crippen molar-refractivity contribution in [1.29, 1.82) is 0 Å². The standard InChI is InChI=1S/C18H21N5O4/c24-16(12-21-18(26)15-2-1-11-27-15)20-13-17(25)23-9-7-22(8-10-23)14-3-5-19-6-4-14/h1-6,11H,7-10,12-13H2,(H,20,24)(H,21,26). The molecule has 1 aliphatic rings. The predicted octanol–water partition coefficient (Wildman–Crippen LogP) is -0.131. The molecule has 0 aromatic carbocycles. The zero-order valence-electron chi connectivity index (χ0n) is 14.8. The largest absolute Gasteiger partial charge is 0.459 e. The van der Waals surface area contributed by atoms with Crippen molar-refractivity contribution in [2.45, 2.75) is 0 Å². The van der Waals surface area contributed by atoms with Crippen molar-refractivity contribution in [1.82, 2.24) is 20.5 Å². The third-order valence-corrected chi connectivity index (χ3v) is 4.25. The second-order valence-corrected chi connectivity index (χ2v) is 6.01. The Balaban J connectivity index is 1.36. The average molecular weight is 371 g/mol. The average Bonchev–Trinajstić information content (AvgIpc) is 3.26. The minimum atomic E-state index is -0.478. The van der Waals surface area contributed by atoms with Gasteiger partial charge in [-0.2, -0.15) is 0 Å². The second kappa shape index (κ2) is 8.84. The molecule has 3 rings (SSSR count). The molecule has 0 aliphatic carbocycles. The first kappa shape index (κ1) is 18.4. The summed E-state index contributed by atoms with van der Waals surface area (Å²) in [5.74, 6) is -0.923. The molecule has 3 amide bonds. The van der Waals surface area contributed by atoms with Crippen molar-refractivity contribution in [2.75, 3.05) is 44.2 Å². The summed E-state index contributed by atoms with van der Waals surface area (Å²) in [6.45, 7) is 2.32. The van der Waals surface area contributed by atoms with Crippen LogP contribution in [0.2, 0.25) is 0 Å². The summed E-state index contributed by atoms with van der Waals surface area (Å²) in [6, 6.07) is 6.97. The van der Waals surface area contributed by atoms with Gasteiger partial charge in [0.2, 0.25) is 11.8 Å². The van der Waals surface area contributed by atoms with Crippen LogP contribution in [0.15, 0.2) is 47.3 Å². The van der Waals surface area contributed by atoms with E-state index in [-0.39, 0.29) is 24.8 Å². The number of hydrogen-bond acceptors (Lipinski definition) is 6. The van der Waals surface area contributed by atoms with Crippen LogP contribution in [0.4, 0.5) is 5.69 Å². The van der Waals surface area contributed by atoms with Gasteiger partial charge < -0.3 is 24.9 Å². The van der Waals surface area contributed by atoms with Gasteiger partial charge in [0, 0.05) is 44.3 Å². The summed E-state index contributed by atoms with van der Waals surface area (Å²) < 4.78 is 4.93. The van der Waals surface area contributed by atoms with Crippen LogP contribution in [-0.2, 0) is 9.59 Å². The summed E-state index contributed by atoms with van der Waals surface area (Å²) in [5, 5.41) is 4.96. The number of rotatable bonds is 6. The van der Waals surface area contributed by atoms with Gasteiger partial charge >= 0.3 is 0 Å². The van der Waals surface area contributed by atoms with Crippen LogP contribution < -0.4 is 15.5 Å². The number of piperazine rings is 1. The number of amides is 3. The lowest BCUT2D eigenvalue weighted by Crippen LogP contribution is -2.51. The van der Waals surface area contributed by atoms with Gasteiger partial charge in [0.25, 0.3) is 5.91 Å². The maximum atomic E-state index is 12.3. The van der Waals surface area contributed by atoms with Crippen molar-refractivity contribution in [3.05, 3.63) is 48.7 Å². The Kier molecular flexibility index (Phi) is 6.03. The molecule has 3 heterocycles. The third kappa shape index (κ3) is 5.06. The molecule has 0 radical (unpaired) electrons. The third-order valence-electron chi connectivity index (χ3n) is 4.25. The van der Waals surface area contributed by atoms with Gasteiger partial charge in [-0.05, 0) is 24.3 Å². The first-order chi connectivity index (χ1) is 13.1. The quantitative estimate of drug-likeness (QED) is 0.732. The lowest BCUT2D eigenvalue weighted by atomic mass is 10.2. The van der Waals surface area contributed by atoms with Crippen molar-refractivity contribution >= 4 is 23.4 Å². The van der Waals surface area contributed by atoms with E-state index in [4.69, 9.17) is 4.42 Å². The minimum absolute atomic E-state index is 0.0925. The molecule has 1 saturated heterocycles. The SMILES string of the molecule is O=C(CNC(=O)c1ccco1)NCC(=O)N1CCN(c2ccncc2)CC1. The number of carbonyl (C=O) groups is 3. The molecular weight excluding hydrogens is 350 g/mol. The van der Waals surface area contributed by atoms with E-state index in [0.29, 0.717) is 13.1 Å². The summed E-state index contributed by atoms with van der Waals surface area (Å²) in [6.07, 6.45) is 4.86. The molecule has 0 spiro atoms. The monoisotopic (exact) mass is 371 g/mol. The van der Waals surface area contributed by atoms with Gasteiger partial charge in [-0.25, -0.2) is 0 Å². The van der Waals surface area contributed by atoms with Gasteiger partial charge in [0.05, 0.1) is 19.4 Å². The maximum absolute atomic E-state index is 12.3. The van der Waals surface area contributed by atoms with Crippen LogP contribution in [-0.4, -0.2) is 66.9 Å². The molecule has 2 N–H and O–H groups in total. The first-order valence-electron chi connectivity index (χ1n) is 8.64. The Bertz CT molecular complexity index is 770. The smallest absolute Gasteiger partial charge is 0.287 e. The number of hydrogen-bond donors (Lipinski definition) is 2. The van der Waals surface area contributed by atoms with Crippen molar-refractivity contribution in [3.63, 3.8) is 0 Å². The highest BCUT2D eigenvalue weighted by molar-refractivity contribution is 5.94. The molecule has 0 bridgehead atoms. The molecule has 142 valence electrons. The molecular formula is C18H21N5O4. The highest BCUT2D eigenvalue weighted by Crippen LogP contribution is 2.14. The lowest BCUT2D eigenvalue weighted by molar-refractivity contribution is -0.132. The van der Waals surface area contributed by atoms with Crippen LogP contribution in [0.25, 0.3) is 0 Å². The van der Waals surface area contributed by atoms with E-state index in [2.05, 4.69) is 20.5 Å². The van der Waals surface area contributed by atoms with Crippen LogP contribution in [0.5, 0.6) is 0 Å². The van der Waals surface area contributed by atoms with Crippen molar-refractivity contribution < 1.29 is 18.8 Å². The normalized spacial score (nSPS) is 13.9. The molecule has 27 heavy (non-hydrogen) atoms. The molecule has 9 heteroatoms. The number of furan rings is 1. The van der Waals surface area contributed by atoms with Gasteiger partial charge in [-0.15, -0.1) is 0 Å². The summed E-state index contributed by atoms with van der Waals surface area (Å²) in [4.78, 5) is 43.6. The van der Waals surface area contributed by atoms with E-state index < -0.39 is 11.8 Å². The zero-order chi connectivity index (χ0) is 19.1. The van der Waals surface area contributed by atoms with E-state index in [9.17, 15) is 14.4 Å². The van der Waals surface area contributed by atoms with Crippen LogP contribution >= 0.6 is 0 Å². The molecule has 0 unspecified atom stereocenters. The van der Waals surface area contributed by atoms with E-state index in [1.165, 1.54) is 12.3 Å². The molecule has 0 saturated carbocycles. The highest BCUT2D eigenvalue weighted by Gasteiger charge is 2.21. The maximum Gasteiger partial charge on any atom is 0.287 e. The van der Waals surface area contributed by atoms with Crippen molar-refractivity contribution in [2.24, 2.45) is 0 Å². The predicted molar refractivity (Wildman–Crippen MR) is 97.1 cm³/mol. The Hall–Kier alpha value is -3.36. The van der Waals surface area contributed by atoms with Gasteiger partial charge in [-0.1, -0.05) is 0 Å². The number of pyridine rings is 1. The van der Waals surface area contributed by atoms with Gasteiger partial charge in [0.15, 0.2) is 5.76 Å². The fourth-order valence-electron chi connectivity index (χ4n) is 2.77. The topological polar surface area (TPSA) is 108 Å². The highest BCUT2D eigenvalue weighted by atomic mass is 16.3. The molecule has 9 nitrogen and oxygen atoms in total. The number of nitrogens with zero attached hydrogens (tertiary/aromatic N) is 3. The molecule has 2 aromatic heterocycles. The van der Waals surface area contributed by atoms with Gasteiger partial charge in [0.1, 0.15) is 0 Å². The number of anilines is 1. The Morgan fingerprint density at radius 2 is 1.74 bits per heavy atom. The molecule has 1 aliphatic heterocycles. The summed E-state index contributed by atoms with van der Waals surface area (Å²) in [7, 11) is 0. The minimum Gasteiger partial charge on any atom is -0.459 e. The van der Waals surface area contributed by atoms with Crippen molar-refractivity contribution in [3.8, 4) is 0 Å². The van der Waals surface area contributed by atoms with E-state index in [1.54, 1.807) is 23.4 Å². The number of nitrogens with one attached hydrogen (secondary N) is 2. The Morgan fingerprint density at radius 3 is 2.41 bits per heavy atom. The lowest BCUT2D eigenvalue weighted by Gasteiger charge is -2.36. The molecule has 0 atom stereocenters. The fourth-order valence-corrected chi connectivity index (χ4v) is 2.77. The molecule has 2 aromatic rings. The summed E-state index contributed by atoms with van der Waals surface area (Å²) >= 11 is 0. The molecule has 1 fully saturated rings. The van der Waals surface area contributed by atoms with Gasteiger partial charge in [-0.3, -0.25) is 19.4 Å².